The van der Waals surface area contributed by atoms with Crippen LogP contribution in [0.15, 0.2) is 35.1 Å². The number of piperidine rings is 1. The highest BCUT2D eigenvalue weighted by Crippen LogP contribution is 2.25. The van der Waals surface area contributed by atoms with Crippen molar-refractivity contribution in [3.8, 4) is 0 Å². The van der Waals surface area contributed by atoms with E-state index >= 15 is 0 Å². The third kappa shape index (κ3) is 3.35. The lowest BCUT2D eigenvalue weighted by Gasteiger charge is -2.32. The van der Waals surface area contributed by atoms with E-state index in [1.54, 1.807) is 6.92 Å². The third-order valence-electron chi connectivity index (χ3n) is 4.68. The van der Waals surface area contributed by atoms with Gasteiger partial charge >= 0.3 is 0 Å². The van der Waals surface area contributed by atoms with Crippen molar-refractivity contribution in [2.45, 2.75) is 32.2 Å². The molecule has 2 aromatic heterocycles. The van der Waals surface area contributed by atoms with Gasteiger partial charge in [0.2, 0.25) is 5.91 Å². The monoisotopic (exact) mass is 352 g/mol. The number of fused-ring (bicyclic) bond motifs is 1. The van der Waals surface area contributed by atoms with Crippen LogP contribution < -0.4 is 5.56 Å². The first-order valence-corrected chi connectivity index (χ1v) is 8.74. The van der Waals surface area contributed by atoms with Gasteiger partial charge in [-0.05, 0) is 31.9 Å². The predicted molar refractivity (Wildman–Crippen MR) is 95.7 cm³/mol. The van der Waals surface area contributed by atoms with E-state index in [1.807, 2.05) is 29.2 Å². The van der Waals surface area contributed by atoms with E-state index < -0.39 is 0 Å². The molecule has 1 aliphatic heterocycles. The van der Waals surface area contributed by atoms with E-state index in [1.165, 1.54) is 10.9 Å². The molecule has 0 spiro atoms. The molecule has 4 rings (SSSR count). The standard InChI is InChI=1S/C18H20N6O2/c1-12-19-16(9-17(25)20-12)13-5-4-8-23(10-13)18(26)11-24-21-14-6-2-3-7-15(14)22-24/h2-3,6-7,9,13H,4-5,8,10-11H2,1H3,(H,19,20,25). The lowest BCUT2D eigenvalue weighted by molar-refractivity contribution is -0.133. The summed E-state index contributed by atoms with van der Waals surface area (Å²) in [7, 11) is 0. The molecular formula is C18H20N6O2. The molecule has 134 valence electrons. The zero-order chi connectivity index (χ0) is 18.1. The van der Waals surface area contributed by atoms with Gasteiger partial charge in [0.05, 0.1) is 5.69 Å². The molecule has 0 bridgehead atoms. The number of H-pyrrole nitrogens is 1. The summed E-state index contributed by atoms with van der Waals surface area (Å²) in [5, 5.41) is 8.70. The van der Waals surface area contributed by atoms with E-state index in [2.05, 4.69) is 20.2 Å². The van der Waals surface area contributed by atoms with E-state index in [0.717, 1.165) is 29.6 Å². The number of hydrogen-bond acceptors (Lipinski definition) is 5. The summed E-state index contributed by atoms with van der Waals surface area (Å²) in [6, 6.07) is 9.08. The summed E-state index contributed by atoms with van der Waals surface area (Å²) in [5.41, 5.74) is 2.16. The Morgan fingerprint density at radius 3 is 2.69 bits per heavy atom. The second kappa shape index (κ2) is 6.70. The van der Waals surface area contributed by atoms with E-state index in [9.17, 15) is 9.59 Å². The highest BCUT2D eigenvalue weighted by Gasteiger charge is 2.26. The largest absolute Gasteiger partial charge is 0.340 e. The minimum Gasteiger partial charge on any atom is -0.340 e. The lowest BCUT2D eigenvalue weighted by atomic mass is 9.94. The fraction of sp³-hybridized carbons (Fsp3) is 0.389. The summed E-state index contributed by atoms with van der Waals surface area (Å²) < 4.78 is 0. The quantitative estimate of drug-likeness (QED) is 0.765. The van der Waals surface area contributed by atoms with E-state index in [-0.39, 0.29) is 23.9 Å². The van der Waals surface area contributed by atoms with Gasteiger partial charge in [-0.3, -0.25) is 9.59 Å². The molecule has 3 heterocycles. The molecule has 8 nitrogen and oxygen atoms in total. The number of nitrogens with zero attached hydrogens (tertiary/aromatic N) is 5. The molecule has 26 heavy (non-hydrogen) atoms. The van der Waals surface area contributed by atoms with Crippen molar-refractivity contribution in [2.75, 3.05) is 13.1 Å². The van der Waals surface area contributed by atoms with Crippen LogP contribution in [0.4, 0.5) is 0 Å². The number of nitrogens with one attached hydrogen (secondary N) is 1. The maximum absolute atomic E-state index is 12.7. The van der Waals surface area contributed by atoms with Crippen LogP contribution >= 0.6 is 0 Å². The number of carbonyl (C=O) groups excluding carboxylic acids is 1. The van der Waals surface area contributed by atoms with Gasteiger partial charge in [0, 0.05) is 25.1 Å². The Bertz CT molecular complexity index is 975. The van der Waals surface area contributed by atoms with Gasteiger partial charge in [0.15, 0.2) is 0 Å². The molecular weight excluding hydrogens is 332 g/mol. The Morgan fingerprint density at radius 1 is 1.27 bits per heavy atom. The van der Waals surface area contributed by atoms with Crippen LogP contribution in [0.2, 0.25) is 0 Å². The van der Waals surface area contributed by atoms with Crippen molar-refractivity contribution >= 4 is 16.9 Å². The van der Waals surface area contributed by atoms with Crippen LogP contribution in [0.3, 0.4) is 0 Å². The van der Waals surface area contributed by atoms with Gasteiger partial charge in [0.1, 0.15) is 23.4 Å². The minimum atomic E-state index is -0.150. The highest BCUT2D eigenvalue weighted by atomic mass is 16.2. The number of aromatic nitrogens is 5. The van der Waals surface area contributed by atoms with Gasteiger partial charge in [-0.25, -0.2) is 4.98 Å². The van der Waals surface area contributed by atoms with Crippen LogP contribution in [-0.4, -0.2) is 48.9 Å². The normalized spacial score (nSPS) is 17.6. The molecule has 8 heteroatoms. The molecule has 1 N–H and O–H groups in total. The Balaban J connectivity index is 1.48. The SMILES string of the molecule is Cc1nc(C2CCCN(C(=O)Cn3nc4ccccc4n3)C2)cc(=O)[nH]1. The van der Waals surface area contributed by atoms with Crippen LogP contribution in [0.1, 0.15) is 30.3 Å². The van der Waals surface area contributed by atoms with Gasteiger partial charge in [-0.1, -0.05) is 12.1 Å². The van der Waals surface area contributed by atoms with Crippen LogP contribution in [0.25, 0.3) is 11.0 Å². The Morgan fingerprint density at radius 2 is 2.00 bits per heavy atom. The third-order valence-corrected chi connectivity index (χ3v) is 4.68. The maximum atomic E-state index is 12.7. The number of rotatable bonds is 3. The summed E-state index contributed by atoms with van der Waals surface area (Å²) in [5.74, 6) is 0.665. The zero-order valence-corrected chi connectivity index (χ0v) is 14.6. The summed E-state index contributed by atoms with van der Waals surface area (Å²) >= 11 is 0. The van der Waals surface area contributed by atoms with Crippen molar-refractivity contribution in [2.24, 2.45) is 0 Å². The Hall–Kier alpha value is -3.03. The fourth-order valence-electron chi connectivity index (χ4n) is 3.45. The number of aryl methyl sites for hydroxylation is 1. The average Bonchev–Trinajstić information content (AvgIpc) is 3.03. The maximum Gasteiger partial charge on any atom is 0.251 e. The smallest absolute Gasteiger partial charge is 0.251 e. The molecule has 1 aliphatic rings. The number of carbonyl (C=O) groups is 1. The van der Waals surface area contributed by atoms with Crippen LogP contribution in [0, 0.1) is 6.92 Å². The molecule has 1 amide bonds. The first-order chi connectivity index (χ1) is 12.6. The van der Waals surface area contributed by atoms with E-state index in [4.69, 9.17) is 0 Å². The average molecular weight is 352 g/mol. The molecule has 1 unspecified atom stereocenters. The minimum absolute atomic E-state index is 0.0171. The molecule has 0 aliphatic carbocycles. The fourth-order valence-corrected chi connectivity index (χ4v) is 3.45. The van der Waals surface area contributed by atoms with Crippen molar-refractivity contribution in [1.82, 2.24) is 29.9 Å². The zero-order valence-electron chi connectivity index (χ0n) is 14.6. The van der Waals surface area contributed by atoms with Gasteiger partial charge in [-0.15, -0.1) is 0 Å². The number of likely N-dealkylation sites (tertiary alicyclic amines) is 1. The second-order valence-electron chi connectivity index (χ2n) is 6.65. The molecule has 1 aromatic carbocycles. The molecule has 3 aromatic rings. The number of hydrogen-bond donors (Lipinski definition) is 1. The van der Waals surface area contributed by atoms with Crippen LogP contribution in [0.5, 0.6) is 0 Å². The van der Waals surface area contributed by atoms with Crippen molar-refractivity contribution in [3.63, 3.8) is 0 Å². The second-order valence-corrected chi connectivity index (χ2v) is 6.65. The molecule has 0 radical (unpaired) electrons. The highest BCUT2D eigenvalue weighted by molar-refractivity contribution is 5.77. The summed E-state index contributed by atoms with van der Waals surface area (Å²) in [6.45, 7) is 3.15. The summed E-state index contributed by atoms with van der Waals surface area (Å²) in [6.07, 6.45) is 1.81. The van der Waals surface area contributed by atoms with Gasteiger partial charge in [-0.2, -0.15) is 15.0 Å². The number of aromatic amines is 1. The van der Waals surface area contributed by atoms with Crippen LogP contribution in [-0.2, 0) is 11.3 Å². The Kier molecular flexibility index (Phi) is 4.24. The van der Waals surface area contributed by atoms with Gasteiger partial charge in [0.25, 0.3) is 5.56 Å². The number of amides is 1. The van der Waals surface area contributed by atoms with E-state index in [0.29, 0.717) is 18.9 Å². The predicted octanol–water partition coefficient (Wildman–Crippen LogP) is 1.23. The van der Waals surface area contributed by atoms with Gasteiger partial charge < -0.3 is 9.88 Å². The topological polar surface area (TPSA) is 96.8 Å². The summed E-state index contributed by atoms with van der Waals surface area (Å²) in [4.78, 5) is 34.8. The molecule has 1 atom stereocenters. The molecule has 0 saturated carbocycles. The van der Waals surface area contributed by atoms with Crippen molar-refractivity contribution in [3.05, 3.63) is 52.2 Å². The van der Waals surface area contributed by atoms with Crippen molar-refractivity contribution in [1.29, 1.82) is 0 Å². The Labute approximate surface area is 149 Å². The first kappa shape index (κ1) is 16.4. The molecule has 1 fully saturated rings. The first-order valence-electron chi connectivity index (χ1n) is 8.74. The molecule has 1 saturated heterocycles. The van der Waals surface area contributed by atoms with Crippen molar-refractivity contribution < 1.29 is 4.79 Å². The number of benzene rings is 1. The lowest BCUT2D eigenvalue weighted by Crippen LogP contribution is -2.41.